The van der Waals surface area contributed by atoms with Crippen LogP contribution in [-0.4, -0.2) is 5.54 Å². The second kappa shape index (κ2) is 5.08. The smallest absolute Gasteiger partial charge is 0.0180 e. The molecule has 16 heavy (non-hydrogen) atoms. The highest BCUT2D eigenvalue weighted by molar-refractivity contribution is 4.95. The Labute approximate surface area is 102 Å². The highest BCUT2D eigenvalue weighted by Gasteiger charge is 2.39. The number of hydrogen-bond acceptors (Lipinski definition) is 1. The van der Waals surface area contributed by atoms with Gasteiger partial charge in [-0.15, -0.1) is 0 Å². The molecule has 0 amide bonds. The third-order valence-corrected chi connectivity index (χ3v) is 5.53. The van der Waals surface area contributed by atoms with E-state index in [1.54, 1.807) is 0 Å². The van der Waals surface area contributed by atoms with E-state index in [0.29, 0.717) is 11.3 Å². The minimum absolute atomic E-state index is 0.134. The molecule has 0 aromatic heterocycles. The van der Waals surface area contributed by atoms with Crippen LogP contribution in [-0.2, 0) is 0 Å². The van der Waals surface area contributed by atoms with Gasteiger partial charge in [0, 0.05) is 5.54 Å². The van der Waals surface area contributed by atoms with Crippen LogP contribution in [0.5, 0.6) is 0 Å². The van der Waals surface area contributed by atoms with E-state index < -0.39 is 0 Å². The molecule has 1 nitrogen and oxygen atoms in total. The highest BCUT2D eigenvalue weighted by Crippen LogP contribution is 2.44. The topological polar surface area (TPSA) is 26.0 Å². The van der Waals surface area contributed by atoms with Gasteiger partial charge in [-0.2, -0.15) is 0 Å². The lowest BCUT2D eigenvalue weighted by molar-refractivity contribution is 0.0911. The van der Waals surface area contributed by atoms with Gasteiger partial charge in [0.15, 0.2) is 0 Å². The van der Waals surface area contributed by atoms with Crippen LogP contribution < -0.4 is 5.73 Å². The Hall–Kier alpha value is -0.0400. The van der Waals surface area contributed by atoms with Crippen molar-refractivity contribution in [2.75, 3.05) is 0 Å². The van der Waals surface area contributed by atoms with E-state index in [1.807, 2.05) is 0 Å². The van der Waals surface area contributed by atoms with Crippen LogP contribution in [0, 0.1) is 17.3 Å². The maximum Gasteiger partial charge on any atom is 0.0180 e. The third kappa shape index (κ3) is 2.80. The monoisotopic (exact) mass is 225 g/mol. The van der Waals surface area contributed by atoms with Gasteiger partial charge < -0.3 is 5.73 Å². The second-order valence-electron chi connectivity index (χ2n) is 6.66. The summed E-state index contributed by atoms with van der Waals surface area (Å²) in [5, 5.41) is 0. The maximum absolute atomic E-state index is 6.56. The van der Waals surface area contributed by atoms with E-state index in [1.165, 1.54) is 38.5 Å². The van der Waals surface area contributed by atoms with E-state index >= 15 is 0 Å². The van der Waals surface area contributed by atoms with E-state index in [4.69, 9.17) is 5.73 Å². The molecule has 1 atom stereocenters. The molecule has 1 saturated carbocycles. The van der Waals surface area contributed by atoms with E-state index in [0.717, 1.165) is 5.92 Å². The van der Waals surface area contributed by atoms with Gasteiger partial charge in [0.25, 0.3) is 0 Å². The summed E-state index contributed by atoms with van der Waals surface area (Å²) in [6.45, 7) is 11.8. The Morgan fingerprint density at radius 2 is 1.75 bits per heavy atom. The molecule has 0 aromatic carbocycles. The molecular weight excluding hydrogens is 194 g/mol. The third-order valence-electron chi connectivity index (χ3n) is 5.53. The quantitative estimate of drug-likeness (QED) is 0.756. The fourth-order valence-electron chi connectivity index (χ4n) is 3.12. The van der Waals surface area contributed by atoms with Gasteiger partial charge >= 0.3 is 0 Å². The first-order valence-electron chi connectivity index (χ1n) is 7.14. The van der Waals surface area contributed by atoms with Gasteiger partial charge in [0.05, 0.1) is 0 Å². The van der Waals surface area contributed by atoms with Crippen molar-refractivity contribution in [2.45, 2.75) is 78.7 Å². The molecule has 2 N–H and O–H groups in total. The van der Waals surface area contributed by atoms with Crippen LogP contribution in [0.25, 0.3) is 0 Å². The first kappa shape index (κ1) is 14.0. The van der Waals surface area contributed by atoms with Crippen molar-refractivity contribution in [3.05, 3.63) is 0 Å². The van der Waals surface area contributed by atoms with Crippen molar-refractivity contribution in [3.63, 3.8) is 0 Å². The maximum atomic E-state index is 6.56. The molecular formula is C15H31N. The molecule has 0 aliphatic heterocycles. The average molecular weight is 225 g/mol. The molecule has 0 bridgehead atoms. The Balaban J connectivity index is 2.57. The van der Waals surface area contributed by atoms with Crippen molar-refractivity contribution in [2.24, 2.45) is 23.0 Å². The van der Waals surface area contributed by atoms with Crippen LogP contribution in [0.15, 0.2) is 0 Å². The zero-order valence-electron chi connectivity index (χ0n) is 12.0. The molecule has 0 aromatic rings. The van der Waals surface area contributed by atoms with Gasteiger partial charge in [-0.25, -0.2) is 0 Å². The molecule has 1 aliphatic carbocycles. The summed E-state index contributed by atoms with van der Waals surface area (Å²) in [7, 11) is 0. The van der Waals surface area contributed by atoms with Crippen molar-refractivity contribution in [1.29, 1.82) is 0 Å². The Morgan fingerprint density at radius 1 is 1.25 bits per heavy atom. The molecule has 0 spiro atoms. The van der Waals surface area contributed by atoms with E-state index in [9.17, 15) is 0 Å². The summed E-state index contributed by atoms with van der Waals surface area (Å²) in [6, 6.07) is 0. The average Bonchev–Trinajstić information content (AvgIpc) is 2.28. The van der Waals surface area contributed by atoms with Crippen molar-refractivity contribution < 1.29 is 0 Å². The number of nitrogens with two attached hydrogens (primary N) is 1. The molecule has 1 unspecified atom stereocenters. The van der Waals surface area contributed by atoms with Crippen molar-refractivity contribution in [3.8, 4) is 0 Å². The Bertz CT molecular complexity index is 211. The number of hydrogen-bond donors (Lipinski definition) is 1. The minimum atomic E-state index is 0.134. The van der Waals surface area contributed by atoms with Crippen LogP contribution >= 0.6 is 0 Å². The first-order valence-corrected chi connectivity index (χ1v) is 7.14. The fourth-order valence-corrected chi connectivity index (χ4v) is 3.12. The summed E-state index contributed by atoms with van der Waals surface area (Å²) in [5.41, 5.74) is 7.20. The normalized spacial score (nSPS) is 33.8. The van der Waals surface area contributed by atoms with E-state index in [-0.39, 0.29) is 5.54 Å². The SMILES string of the molecule is CCC(C)C1(N)CCC(C(C)(C)CC)CC1. The van der Waals surface area contributed by atoms with Gasteiger partial charge in [0.1, 0.15) is 0 Å². The Kier molecular flexibility index (Phi) is 4.45. The van der Waals surface area contributed by atoms with Crippen LogP contribution in [0.4, 0.5) is 0 Å². The zero-order valence-corrected chi connectivity index (χ0v) is 12.0. The molecule has 1 fully saturated rings. The molecule has 0 heterocycles. The summed E-state index contributed by atoms with van der Waals surface area (Å²) in [4.78, 5) is 0. The summed E-state index contributed by atoms with van der Waals surface area (Å²) in [6.07, 6.45) is 7.65. The van der Waals surface area contributed by atoms with Gasteiger partial charge in [-0.3, -0.25) is 0 Å². The minimum Gasteiger partial charge on any atom is -0.325 e. The Morgan fingerprint density at radius 3 is 2.12 bits per heavy atom. The van der Waals surface area contributed by atoms with Gasteiger partial charge in [-0.1, -0.05) is 47.5 Å². The molecule has 96 valence electrons. The van der Waals surface area contributed by atoms with Crippen molar-refractivity contribution in [1.82, 2.24) is 0 Å². The fraction of sp³-hybridized carbons (Fsp3) is 1.00. The molecule has 1 aliphatic rings. The number of rotatable bonds is 4. The first-order chi connectivity index (χ1) is 7.35. The van der Waals surface area contributed by atoms with Crippen LogP contribution in [0.2, 0.25) is 0 Å². The lowest BCUT2D eigenvalue weighted by Crippen LogP contribution is -2.49. The lowest BCUT2D eigenvalue weighted by atomic mass is 9.63. The second-order valence-corrected chi connectivity index (χ2v) is 6.66. The van der Waals surface area contributed by atoms with Gasteiger partial charge in [0.2, 0.25) is 0 Å². The summed E-state index contributed by atoms with van der Waals surface area (Å²) in [5.74, 6) is 1.57. The predicted molar refractivity (Wildman–Crippen MR) is 72.4 cm³/mol. The van der Waals surface area contributed by atoms with Gasteiger partial charge in [-0.05, 0) is 42.9 Å². The molecule has 1 rings (SSSR count). The standard InChI is InChI=1S/C15H31N/c1-6-12(3)15(16)10-8-13(9-11-15)14(4,5)7-2/h12-13H,6-11,16H2,1-5H3. The van der Waals surface area contributed by atoms with Crippen LogP contribution in [0.1, 0.15) is 73.1 Å². The molecule has 0 radical (unpaired) electrons. The van der Waals surface area contributed by atoms with E-state index in [2.05, 4.69) is 34.6 Å². The van der Waals surface area contributed by atoms with Crippen molar-refractivity contribution >= 4 is 0 Å². The lowest BCUT2D eigenvalue weighted by Gasteiger charge is -2.45. The van der Waals surface area contributed by atoms with Crippen LogP contribution in [0.3, 0.4) is 0 Å². The largest absolute Gasteiger partial charge is 0.325 e. The highest BCUT2D eigenvalue weighted by atomic mass is 14.8. The molecule has 1 heteroatoms. The molecule has 0 saturated heterocycles. The summed E-state index contributed by atoms with van der Waals surface area (Å²) < 4.78 is 0. The summed E-state index contributed by atoms with van der Waals surface area (Å²) >= 11 is 0. The predicted octanol–water partition coefficient (Wildman–Crippen LogP) is 4.36. The zero-order chi connectivity index (χ0) is 12.4.